The van der Waals surface area contributed by atoms with Crippen molar-refractivity contribution in [2.24, 2.45) is 0 Å². The Morgan fingerprint density at radius 3 is 2.52 bits per heavy atom. The lowest BCUT2D eigenvalue weighted by atomic mass is 9.97. The van der Waals surface area contributed by atoms with Crippen LogP contribution in [0.25, 0.3) is 17.0 Å². The summed E-state index contributed by atoms with van der Waals surface area (Å²) in [6.07, 6.45) is 0. The Morgan fingerprint density at radius 2 is 1.85 bits per heavy atom. The van der Waals surface area contributed by atoms with Gasteiger partial charge in [0.1, 0.15) is 23.1 Å². The molecule has 0 radical (unpaired) electrons. The minimum Gasteiger partial charge on any atom is -0.383 e. The van der Waals surface area contributed by atoms with E-state index in [4.69, 9.17) is 0 Å². The van der Waals surface area contributed by atoms with Gasteiger partial charge in [-0.25, -0.2) is 28.4 Å². The maximum absolute atomic E-state index is 14.6. The zero-order chi connectivity index (χ0) is 23.9. The minimum absolute atomic E-state index is 0.130. The molecule has 2 amide bonds. The van der Waals surface area contributed by atoms with Gasteiger partial charge < -0.3 is 10.6 Å². The molecule has 4 rings (SSSR count). The number of halogens is 2. The highest BCUT2D eigenvalue weighted by Crippen LogP contribution is 2.38. The van der Waals surface area contributed by atoms with E-state index in [1.807, 2.05) is 39.0 Å². The number of amides is 2. The van der Waals surface area contributed by atoms with Gasteiger partial charge >= 0.3 is 6.03 Å². The van der Waals surface area contributed by atoms with Crippen molar-refractivity contribution in [1.82, 2.24) is 20.6 Å². The van der Waals surface area contributed by atoms with Gasteiger partial charge in [0.05, 0.1) is 12.2 Å². The highest BCUT2D eigenvalue weighted by Gasteiger charge is 2.33. The molecule has 0 saturated carbocycles. The van der Waals surface area contributed by atoms with Crippen LogP contribution in [0, 0.1) is 25.5 Å². The molecule has 2 aromatic carbocycles. The van der Waals surface area contributed by atoms with Crippen LogP contribution in [0.4, 0.5) is 25.1 Å². The van der Waals surface area contributed by atoms with Gasteiger partial charge in [-0.15, -0.1) is 0 Å². The van der Waals surface area contributed by atoms with Gasteiger partial charge in [0.2, 0.25) is 0 Å². The van der Waals surface area contributed by atoms with Crippen LogP contribution in [0.2, 0.25) is 0 Å². The zero-order valence-corrected chi connectivity index (χ0v) is 19.0. The summed E-state index contributed by atoms with van der Waals surface area (Å²) < 4.78 is 29.2. The first kappa shape index (κ1) is 22.4. The second-order valence-electron chi connectivity index (χ2n) is 8.29. The van der Waals surface area contributed by atoms with E-state index in [0.717, 1.165) is 39.4 Å². The first-order valence-electron chi connectivity index (χ1n) is 10.6. The molecule has 3 aromatic rings. The summed E-state index contributed by atoms with van der Waals surface area (Å²) in [5.74, 6) is -1.17. The molecule has 8 heteroatoms. The molecule has 1 aromatic heterocycles. The van der Waals surface area contributed by atoms with Gasteiger partial charge in [-0.1, -0.05) is 24.8 Å². The largest absolute Gasteiger partial charge is 0.383 e. The summed E-state index contributed by atoms with van der Waals surface area (Å²) in [6.45, 7) is 12.0. The molecule has 170 valence electrons. The fourth-order valence-electron chi connectivity index (χ4n) is 3.90. The number of carbonyl (C=O) groups excluding carboxylic acids is 1. The fraction of sp³-hybridized carbons (Fsp3) is 0.240. The predicted molar refractivity (Wildman–Crippen MR) is 125 cm³/mol. The molecule has 6 nitrogen and oxygen atoms in total. The second kappa shape index (κ2) is 8.61. The SMILES string of the molecule is C=C(NC(C)C)c1ccc(C)c(-c2nc(C)nc3c2CNC(=O)N3c2c(F)cccc2F)c1. The number of rotatable bonds is 5. The molecule has 0 atom stereocenters. The molecule has 2 heterocycles. The number of aryl methyl sites for hydroxylation is 2. The van der Waals surface area contributed by atoms with Crippen molar-refractivity contribution in [2.75, 3.05) is 4.90 Å². The topological polar surface area (TPSA) is 70.1 Å². The van der Waals surface area contributed by atoms with Gasteiger partial charge in [0.25, 0.3) is 0 Å². The van der Waals surface area contributed by atoms with Crippen LogP contribution in [0.1, 0.15) is 36.4 Å². The lowest BCUT2D eigenvalue weighted by Crippen LogP contribution is -2.43. The Labute approximate surface area is 191 Å². The van der Waals surface area contributed by atoms with Gasteiger partial charge in [0, 0.05) is 22.9 Å². The number of aromatic nitrogens is 2. The van der Waals surface area contributed by atoms with Gasteiger partial charge in [-0.2, -0.15) is 0 Å². The standard InChI is InChI=1S/C25H25F2N5O/c1-13(2)29-15(4)17-10-9-14(3)18(11-17)22-19-12-28-25(33)32(24(19)31-16(5)30-22)23-20(26)7-6-8-21(23)27/h6-11,13,29H,4,12H2,1-3,5H3,(H,28,33). The molecular formula is C25H25F2N5O. The molecule has 33 heavy (non-hydrogen) atoms. The Kier molecular flexibility index (Phi) is 5.84. The van der Waals surface area contributed by atoms with Crippen molar-refractivity contribution in [1.29, 1.82) is 0 Å². The number of para-hydroxylation sites is 1. The van der Waals surface area contributed by atoms with E-state index in [9.17, 15) is 13.6 Å². The Morgan fingerprint density at radius 1 is 1.15 bits per heavy atom. The Hall–Kier alpha value is -3.81. The summed E-state index contributed by atoms with van der Waals surface area (Å²) in [7, 11) is 0. The average molecular weight is 450 g/mol. The third-order valence-electron chi connectivity index (χ3n) is 5.39. The first-order valence-corrected chi connectivity index (χ1v) is 10.6. The van der Waals surface area contributed by atoms with Crippen LogP contribution in [0.15, 0.2) is 43.0 Å². The monoisotopic (exact) mass is 449 g/mol. The number of carbonyl (C=O) groups is 1. The summed E-state index contributed by atoms with van der Waals surface area (Å²) in [5.41, 5.74) is 4.14. The van der Waals surface area contributed by atoms with E-state index in [0.29, 0.717) is 17.1 Å². The number of nitrogens with one attached hydrogen (secondary N) is 2. The molecule has 0 fully saturated rings. The Bertz CT molecular complexity index is 1250. The van der Waals surface area contributed by atoms with Crippen molar-refractivity contribution in [3.05, 3.63) is 77.1 Å². The van der Waals surface area contributed by atoms with Gasteiger partial charge in [-0.3, -0.25) is 0 Å². The number of fused-ring (bicyclic) bond motifs is 1. The molecular weight excluding hydrogens is 424 g/mol. The molecule has 1 aliphatic rings. The lowest BCUT2D eigenvalue weighted by molar-refractivity contribution is 0.246. The maximum atomic E-state index is 14.6. The molecule has 2 N–H and O–H groups in total. The van der Waals surface area contributed by atoms with Crippen LogP contribution in [0.3, 0.4) is 0 Å². The van der Waals surface area contributed by atoms with Crippen molar-refractivity contribution >= 4 is 23.2 Å². The predicted octanol–water partition coefficient (Wildman–Crippen LogP) is 5.37. The zero-order valence-electron chi connectivity index (χ0n) is 19.0. The molecule has 0 unspecified atom stereocenters. The maximum Gasteiger partial charge on any atom is 0.328 e. The summed E-state index contributed by atoms with van der Waals surface area (Å²) in [6, 6.07) is 8.94. The molecule has 0 spiro atoms. The third-order valence-corrected chi connectivity index (χ3v) is 5.39. The van der Waals surface area contributed by atoms with Crippen LogP contribution in [-0.2, 0) is 6.54 Å². The second-order valence-corrected chi connectivity index (χ2v) is 8.29. The lowest BCUT2D eigenvalue weighted by Gasteiger charge is -2.30. The number of hydrogen-bond acceptors (Lipinski definition) is 4. The molecule has 0 bridgehead atoms. The number of benzene rings is 2. The normalized spacial score (nSPS) is 13.1. The van der Waals surface area contributed by atoms with E-state index >= 15 is 0 Å². The van der Waals surface area contributed by atoms with E-state index in [1.54, 1.807) is 6.92 Å². The summed E-state index contributed by atoms with van der Waals surface area (Å²) >= 11 is 0. The summed E-state index contributed by atoms with van der Waals surface area (Å²) in [5, 5.41) is 6.00. The van der Waals surface area contributed by atoms with Crippen molar-refractivity contribution in [3.63, 3.8) is 0 Å². The van der Waals surface area contributed by atoms with E-state index in [2.05, 4.69) is 27.2 Å². The number of hydrogen-bond donors (Lipinski definition) is 2. The van der Waals surface area contributed by atoms with E-state index in [-0.39, 0.29) is 18.4 Å². The van der Waals surface area contributed by atoms with Gasteiger partial charge in [-0.05, 0) is 57.0 Å². The van der Waals surface area contributed by atoms with Crippen LogP contribution >= 0.6 is 0 Å². The first-order chi connectivity index (χ1) is 15.7. The van der Waals surface area contributed by atoms with E-state index < -0.39 is 23.4 Å². The van der Waals surface area contributed by atoms with Crippen molar-refractivity contribution in [2.45, 2.75) is 40.3 Å². The van der Waals surface area contributed by atoms with Crippen molar-refractivity contribution in [3.8, 4) is 11.3 Å². The summed E-state index contributed by atoms with van der Waals surface area (Å²) in [4.78, 5) is 22.7. The number of nitrogens with zero attached hydrogens (tertiary/aromatic N) is 3. The number of urea groups is 1. The quantitative estimate of drug-likeness (QED) is 0.550. The third kappa shape index (κ3) is 4.16. The smallest absolute Gasteiger partial charge is 0.328 e. The molecule has 1 aliphatic heterocycles. The highest BCUT2D eigenvalue weighted by molar-refractivity contribution is 6.02. The van der Waals surface area contributed by atoms with Crippen LogP contribution in [-0.4, -0.2) is 22.0 Å². The number of anilines is 2. The van der Waals surface area contributed by atoms with E-state index in [1.165, 1.54) is 6.07 Å². The van der Waals surface area contributed by atoms with Gasteiger partial charge in [0.15, 0.2) is 5.82 Å². The highest BCUT2D eigenvalue weighted by atomic mass is 19.1. The fourth-order valence-corrected chi connectivity index (χ4v) is 3.90. The minimum atomic E-state index is -0.856. The molecule has 0 aliphatic carbocycles. The Balaban J connectivity index is 1.91. The molecule has 0 saturated heterocycles. The van der Waals surface area contributed by atoms with Crippen LogP contribution in [0.5, 0.6) is 0 Å². The van der Waals surface area contributed by atoms with Crippen LogP contribution < -0.4 is 15.5 Å². The average Bonchev–Trinajstić information content (AvgIpc) is 2.74. The van der Waals surface area contributed by atoms with Crippen molar-refractivity contribution < 1.29 is 13.6 Å².